The predicted molar refractivity (Wildman–Crippen MR) is 68.9 cm³/mol. The van der Waals surface area contributed by atoms with Crippen LogP contribution in [0.2, 0.25) is 0 Å². The number of aromatic nitrogens is 2. The van der Waals surface area contributed by atoms with Crippen molar-refractivity contribution in [1.82, 2.24) is 15.3 Å². The van der Waals surface area contributed by atoms with Crippen LogP contribution in [-0.4, -0.2) is 27.0 Å². The van der Waals surface area contributed by atoms with Gasteiger partial charge >= 0.3 is 5.97 Å². The Kier molecular flexibility index (Phi) is 4.19. The highest BCUT2D eigenvalue weighted by Gasteiger charge is 2.09. The number of aromatic carboxylic acids is 1. The van der Waals surface area contributed by atoms with Crippen LogP contribution < -0.4 is 5.32 Å². The van der Waals surface area contributed by atoms with Gasteiger partial charge in [-0.3, -0.25) is 9.78 Å². The minimum Gasteiger partial charge on any atom is -0.476 e. The highest BCUT2D eigenvalue weighted by Crippen LogP contribution is 2.09. The van der Waals surface area contributed by atoms with Gasteiger partial charge in [0, 0.05) is 17.8 Å². The zero-order valence-electron chi connectivity index (χ0n) is 9.87. The molecule has 7 heteroatoms. The van der Waals surface area contributed by atoms with E-state index in [9.17, 15) is 9.59 Å². The van der Waals surface area contributed by atoms with Crippen molar-refractivity contribution in [3.05, 3.63) is 46.2 Å². The lowest BCUT2D eigenvalue weighted by Gasteiger charge is -2.02. The first kappa shape index (κ1) is 13.2. The number of amides is 1. The maximum atomic E-state index is 11.6. The molecule has 0 unspecified atom stereocenters. The average Bonchev–Trinajstić information content (AvgIpc) is 2.86. The quantitative estimate of drug-likeness (QED) is 0.853. The van der Waals surface area contributed by atoms with E-state index in [1.807, 2.05) is 6.07 Å². The molecule has 0 saturated carbocycles. The average molecular weight is 277 g/mol. The van der Waals surface area contributed by atoms with Gasteiger partial charge in [-0.2, -0.15) is 0 Å². The van der Waals surface area contributed by atoms with Crippen molar-refractivity contribution in [1.29, 1.82) is 0 Å². The van der Waals surface area contributed by atoms with Gasteiger partial charge in [0.25, 0.3) is 0 Å². The minimum absolute atomic E-state index is 0.00140. The summed E-state index contributed by atoms with van der Waals surface area (Å²) in [5, 5.41) is 13.4. The molecule has 0 saturated heterocycles. The number of carboxylic acids is 1. The Bertz CT molecular complexity index is 583. The molecule has 2 heterocycles. The molecule has 0 atom stereocenters. The van der Waals surface area contributed by atoms with Gasteiger partial charge in [0.15, 0.2) is 5.69 Å². The number of carbonyl (C=O) groups excluding carboxylic acids is 1. The smallest absolute Gasteiger partial charge is 0.355 e. The summed E-state index contributed by atoms with van der Waals surface area (Å²) < 4.78 is 0. The van der Waals surface area contributed by atoms with E-state index in [4.69, 9.17) is 5.11 Å². The molecule has 2 N–H and O–H groups in total. The van der Waals surface area contributed by atoms with Gasteiger partial charge in [-0.15, -0.1) is 11.3 Å². The summed E-state index contributed by atoms with van der Waals surface area (Å²) in [6.45, 7) is 0.233. The molecule has 0 spiro atoms. The van der Waals surface area contributed by atoms with E-state index in [1.54, 1.807) is 18.5 Å². The van der Waals surface area contributed by atoms with Crippen LogP contribution in [0.3, 0.4) is 0 Å². The molecule has 0 radical (unpaired) electrons. The second-order valence-corrected chi connectivity index (χ2v) is 4.69. The molecule has 0 bridgehead atoms. The lowest BCUT2D eigenvalue weighted by atomic mass is 10.2. The van der Waals surface area contributed by atoms with Crippen LogP contribution in [0.25, 0.3) is 0 Å². The van der Waals surface area contributed by atoms with Crippen LogP contribution in [0, 0.1) is 0 Å². The van der Waals surface area contributed by atoms with Crippen molar-refractivity contribution in [3.8, 4) is 0 Å². The van der Waals surface area contributed by atoms with E-state index in [2.05, 4.69) is 15.3 Å². The number of hydrogen-bond donors (Lipinski definition) is 2. The van der Waals surface area contributed by atoms with E-state index in [0.717, 1.165) is 5.56 Å². The van der Waals surface area contributed by atoms with Crippen LogP contribution in [0.15, 0.2) is 29.9 Å². The molecule has 0 aliphatic carbocycles. The summed E-state index contributed by atoms with van der Waals surface area (Å²) >= 11 is 1.21. The Hall–Kier alpha value is -2.28. The van der Waals surface area contributed by atoms with Gasteiger partial charge in [-0.05, 0) is 11.6 Å². The number of thiazole rings is 1. The third-order valence-corrected chi connectivity index (χ3v) is 3.14. The van der Waals surface area contributed by atoms with Gasteiger partial charge < -0.3 is 10.4 Å². The Morgan fingerprint density at radius 1 is 1.42 bits per heavy atom. The van der Waals surface area contributed by atoms with Crippen molar-refractivity contribution in [3.63, 3.8) is 0 Å². The number of pyridine rings is 1. The summed E-state index contributed by atoms with van der Waals surface area (Å²) in [6, 6.07) is 3.58. The molecule has 0 aromatic carbocycles. The Labute approximate surface area is 113 Å². The number of carboxylic acid groups (broad SMARTS) is 1. The fourth-order valence-electron chi connectivity index (χ4n) is 1.42. The molecule has 2 rings (SSSR count). The lowest BCUT2D eigenvalue weighted by molar-refractivity contribution is -0.120. The van der Waals surface area contributed by atoms with E-state index in [0.29, 0.717) is 5.01 Å². The SMILES string of the molecule is O=C(Cc1cccnc1)NCc1nc(C(=O)O)cs1. The maximum Gasteiger partial charge on any atom is 0.355 e. The fourth-order valence-corrected chi connectivity index (χ4v) is 2.12. The normalized spacial score (nSPS) is 10.1. The Balaban J connectivity index is 1.84. The molecule has 0 fully saturated rings. The zero-order valence-corrected chi connectivity index (χ0v) is 10.7. The molecule has 1 amide bonds. The summed E-state index contributed by atoms with van der Waals surface area (Å²) in [6.07, 6.45) is 3.51. The van der Waals surface area contributed by atoms with E-state index in [1.165, 1.54) is 16.7 Å². The Morgan fingerprint density at radius 2 is 2.26 bits per heavy atom. The fraction of sp³-hybridized carbons (Fsp3) is 0.167. The zero-order chi connectivity index (χ0) is 13.7. The first-order valence-corrected chi connectivity index (χ1v) is 6.36. The second-order valence-electron chi connectivity index (χ2n) is 3.75. The molecular formula is C12H11N3O3S. The molecule has 98 valence electrons. The predicted octanol–water partition coefficient (Wildman–Crippen LogP) is 1.10. The number of rotatable bonds is 5. The molecule has 2 aromatic rings. The standard InChI is InChI=1S/C12H11N3O3S/c16-10(4-8-2-1-3-13-5-8)14-6-11-15-9(7-19-11)12(17)18/h1-3,5,7H,4,6H2,(H,14,16)(H,17,18). The first-order valence-electron chi connectivity index (χ1n) is 5.48. The maximum absolute atomic E-state index is 11.6. The van der Waals surface area contributed by atoms with Crippen LogP contribution in [0.1, 0.15) is 21.1 Å². The summed E-state index contributed by atoms with van der Waals surface area (Å²) in [7, 11) is 0. The highest BCUT2D eigenvalue weighted by molar-refractivity contribution is 7.09. The van der Waals surface area contributed by atoms with E-state index in [-0.39, 0.29) is 24.6 Å². The van der Waals surface area contributed by atoms with Crippen molar-refractivity contribution < 1.29 is 14.7 Å². The monoisotopic (exact) mass is 277 g/mol. The van der Waals surface area contributed by atoms with Gasteiger partial charge in [0.2, 0.25) is 5.91 Å². The molecule has 19 heavy (non-hydrogen) atoms. The van der Waals surface area contributed by atoms with Crippen molar-refractivity contribution >= 4 is 23.2 Å². The van der Waals surface area contributed by atoms with Gasteiger partial charge in [-0.25, -0.2) is 9.78 Å². The number of carbonyl (C=O) groups is 2. The van der Waals surface area contributed by atoms with Gasteiger partial charge in [0.1, 0.15) is 5.01 Å². The Morgan fingerprint density at radius 3 is 2.89 bits per heavy atom. The minimum atomic E-state index is -1.07. The largest absolute Gasteiger partial charge is 0.476 e. The van der Waals surface area contributed by atoms with E-state index < -0.39 is 5.97 Å². The van der Waals surface area contributed by atoms with Crippen LogP contribution in [-0.2, 0) is 17.8 Å². The van der Waals surface area contributed by atoms with Gasteiger partial charge in [-0.1, -0.05) is 6.07 Å². The number of hydrogen-bond acceptors (Lipinski definition) is 5. The first-order chi connectivity index (χ1) is 9.15. The van der Waals surface area contributed by atoms with Crippen molar-refractivity contribution in [2.45, 2.75) is 13.0 Å². The topological polar surface area (TPSA) is 92.2 Å². The van der Waals surface area contributed by atoms with Gasteiger partial charge in [0.05, 0.1) is 13.0 Å². The molecule has 0 aliphatic heterocycles. The number of nitrogens with one attached hydrogen (secondary N) is 1. The summed E-state index contributed by atoms with van der Waals surface area (Å²) in [5.41, 5.74) is 0.826. The van der Waals surface area contributed by atoms with Crippen molar-refractivity contribution in [2.75, 3.05) is 0 Å². The number of nitrogens with zero attached hydrogens (tertiary/aromatic N) is 2. The third kappa shape index (κ3) is 3.85. The van der Waals surface area contributed by atoms with Crippen LogP contribution in [0.4, 0.5) is 0 Å². The molecular weight excluding hydrogens is 266 g/mol. The molecule has 0 aliphatic rings. The van der Waals surface area contributed by atoms with Crippen molar-refractivity contribution in [2.24, 2.45) is 0 Å². The summed E-state index contributed by atoms with van der Waals surface area (Å²) in [5.74, 6) is -1.22. The lowest BCUT2D eigenvalue weighted by Crippen LogP contribution is -2.24. The second kappa shape index (κ2) is 6.05. The van der Waals surface area contributed by atoms with Crippen LogP contribution in [0.5, 0.6) is 0 Å². The highest BCUT2D eigenvalue weighted by atomic mass is 32.1. The molecule has 6 nitrogen and oxygen atoms in total. The summed E-state index contributed by atoms with van der Waals surface area (Å²) in [4.78, 5) is 30.1. The van der Waals surface area contributed by atoms with E-state index >= 15 is 0 Å². The van der Waals surface area contributed by atoms with Crippen LogP contribution >= 0.6 is 11.3 Å². The molecule has 2 aromatic heterocycles. The third-order valence-electron chi connectivity index (χ3n) is 2.30.